The van der Waals surface area contributed by atoms with Crippen LogP contribution in [0.5, 0.6) is 0 Å². The van der Waals surface area contributed by atoms with Crippen LogP contribution in [-0.2, 0) is 32.6 Å². The number of sulfonamides is 1. The van der Waals surface area contributed by atoms with E-state index in [1.165, 1.54) is 35.2 Å². The number of nitro benzene ring substituents is 1. The van der Waals surface area contributed by atoms with Gasteiger partial charge in [0, 0.05) is 31.1 Å². The molecule has 5 rings (SSSR count). The molecule has 0 spiro atoms. The number of carbonyl (C=O) groups is 2. The molecule has 1 aliphatic rings. The summed E-state index contributed by atoms with van der Waals surface area (Å²) in [6.45, 7) is 1.29. The molecule has 0 bridgehead atoms. The fourth-order valence-corrected chi connectivity index (χ4v) is 7.54. The summed E-state index contributed by atoms with van der Waals surface area (Å²) in [6.07, 6.45) is 5.04. The van der Waals surface area contributed by atoms with Crippen molar-refractivity contribution in [1.82, 2.24) is 10.2 Å². The Morgan fingerprint density at radius 3 is 2.17 bits per heavy atom. The number of benzene rings is 4. The van der Waals surface area contributed by atoms with Crippen LogP contribution >= 0.6 is 0 Å². The maximum absolute atomic E-state index is 14.6. The van der Waals surface area contributed by atoms with Gasteiger partial charge in [0.15, 0.2) is 0 Å². The topological polar surface area (TPSA) is 130 Å². The Hall–Kier alpha value is -5.03. The summed E-state index contributed by atoms with van der Waals surface area (Å²) in [5.74, 6) is -0.929. The normalized spacial score (nSPS) is 14.1. The molecule has 1 fully saturated rings. The monoisotopic (exact) mass is 668 g/mol. The average molecular weight is 669 g/mol. The van der Waals surface area contributed by atoms with Crippen LogP contribution in [0.15, 0.2) is 114 Å². The first kappa shape index (κ1) is 34.3. The smallest absolute Gasteiger partial charge is 0.271 e. The zero-order valence-corrected chi connectivity index (χ0v) is 27.7. The van der Waals surface area contributed by atoms with Gasteiger partial charge in [0.05, 0.1) is 15.5 Å². The molecule has 4 aromatic carbocycles. The Bertz CT molecular complexity index is 1830. The van der Waals surface area contributed by atoms with Gasteiger partial charge < -0.3 is 10.2 Å². The Morgan fingerprint density at radius 1 is 0.854 bits per heavy atom. The highest BCUT2D eigenvalue weighted by Gasteiger charge is 2.35. The zero-order chi connectivity index (χ0) is 34.1. The first-order valence-corrected chi connectivity index (χ1v) is 17.6. The van der Waals surface area contributed by atoms with E-state index in [2.05, 4.69) is 5.32 Å². The van der Waals surface area contributed by atoms with Crippen molar-refractivity contribution in [1.29, 1.82) is 0 Å². The van der Waals surface area contributed by atoms with E-state index in [0.717, 1.165) is 59.2 Å². The minimum absolute atomic E-state index is 0.0136. The number of non-ortho nitro benzene ring substituents is 1. The van der Waals surface area contributed by atoms with Crippen molar-refractivity contribution in [2.75, 3.05) is 10.8 Å². The van der Waals surface area contributed by atoms with Crippen LogP contribution in [0, 0.1) is 17.0 Å². The highest BCUT2D eigenvalue weighted by molar-refractivity contribution is 7.92. The van der Waals surface area contributed by atoms with Crippen molar-refractivity contribution in [2.45, 2.75) is 69.0 Å². The third-order valence-corrected chi connectivity index (χ3v) is 10.4. The lowest BCUT2D eigenvalue weighted by Gasteiger charge is -2.35. The van der Waals surface area contributed by atoms with Gasteiger partial charge in [0.2, 0.25) is 11.8 Å². The number of hydrogen-bond donors (Lipinski definition) is 1. The predicted octanol–water partition coefficient (Wildman–Crippen LogP) is 6.19. The Labute approximate surface area is 281 Å². The maximum Gasteiger partial charge on any atom is 0.271 e. The van der Waals surface area contributed by atoms with E-state index in [1.54, 1.807) is 18.2 Å². The molecule has 0 aliphatic heterocycles. The predicted molar refractivity (Wildman–Crippen MR) is 185 cm³/mol. The molecule has 10 nitrogen and oxygen atoms in total. The lowest BCUT2D eigenvalue weighted by Crippen LogP contribution is -2.55. The molecule has 48 heavy (non-hydrogen) atoms. The average Bonchev–Trinajstić information content (AvgIpc) is 3.10. The number of nitrogens with zero attached hydrogens (tertiary/aromatic N) is 3. The van der Waals surface area contributed by atoms with E-state index < -0.39 is 33.4 Å². The fourth-order valence-electron chi connectivity index (χ4n) is 6.12. The van der Waals surface area contributed by atoms with Gasteiger partial charge in [0.25, 0.3) is 15.7 Å². The van der Waals surface area contributed by atoms with E-state index in [4.69, 9.17) is 0 Å². The number of hydrogen-bond acceptors (Lipinski definition) is 6. The SMILES string of the molecule is Cc1cccc(CN(C(=O)CN(c2cccc([N+](=O)[O-])c2)S(=O)(=O)c2ccccc2)[C@@H](Cc2ccccc2)C(=O)NC2CCCCC2)c1. The van der Waals surface area contributed by atoms with E-state index in [9.17, 15) is 28.1 Å². The highest BCUT2D eigenvalue weighted by atomic mass is 32.2. The molecule has 0 unspecified atom stereocenters. The molecule has 250 valence electrons. The molecule has 0 heterocycles. The van der Waals surface area contributed by atoms with Crippen LogP contribution < -0.4 is 9.62 Å². The molecule has 1 aliphatic carbocycles. The van der Waals surface area contributed by atoms with Crippen LogP contribution in [0.25, 0.3) is 0 Å². The van der Waals surface area contributed by atoms with Crippen LogP contribution in [0.3, 0.4) is 0 Å². The van der Waals surface area contributed by atoms with E-state index in [-0.39, 0.29) is 41.2 Å². The number of amides is 2. The van der Waals surface area contributed by atoms with Crippen molar-refractivity contribution >= 4 is 33.2 Å². The van der Waals surface area contributed by atoms with Gasteiger partial charge in [-0.3, -0.25) is 24.0 Å². The molecule has 2 amide bonds. The van der Waals surface area contributed by atoms with Gasteiger partial charge in [0.1, 0.15) is 12.6 Å². The van der Waals surface area contributed by atoms with Gasteiger partial charge in [-0.15, -0.1) is 0 Å². The maximum atomic E-state index is 14.6. The second-order valence-corrected chi connectivity index (χ2v) is 14.0. The zero-order valence-electron chi connectivity index (χ0n) is 26.9. The van der Waals surface area contributed by atoms with E-state index >= 15 is 0 Å². The van der Waals surface area contributed by atoms with Crippen molar-refractivity contribution in [3.63, 3.8) is 0 Å². The quantitative estimate of drug-likeness (QED) is 0.134. The van der Waals surface area contributed by atoms with Gasteiger partial charge in [-0.25, -0.2) is 8.42 Å². The summed E-state index contributed by atoms with van der Waals surface area (Å²) >= 11 is 0. The lowest BCUT2D eigenvalue weighted by molar-refractivity contribution is -0.384. The van der Waals surface area contributed by atoms with Crippen molar-refractivity contribution < 1.29 is 22.9 Å². The lowest BCUT2D eigenvalue weighted by atomic mass is 9.94. The van der Waals surface area contributed by atoms with Crippen molar-refractivity contribution in [2.24, 2.45) is 0 Å². The minimum atomic E-state index is -4.37. The fraction of sp³-hybridized carbons (Fsp3) is 0.297. The molecule has 1 N–H and O–H groups in total. The third-order valence-electron chi connectivity index (χ3n) is 8.60. The summed E-state index contributed by atoms with van der Waals surface area (Å²) in [4.78, 5) is 41.3. The molecule has 11 heteroatoms. The number of rotatable bonds is 13. The Balaban J connectivity index is 1.58. The highest BCUT2D eigenvalue weighted by Crippen LogP contribution is 2.28. The summed E-state index contributed by atoms with van der Waals surface area (Å²) in [6, 6.07) is 28.8. The number of nitro groups is 1. The number of anilines is 1. The van der Waals surface area contributed by atoms with E-state index in [1.807, 2.05) is 61.5 Å². The van der Waals surface area contributed by atoms with Gasteiger partial charge in [-0.2, -0.15) is 0 Å². The van der Waals surface area contributed by atoms with Gasteiger partial charge in [-0.05, 0) is 49.1 Å². The second kappa shape index (κ2) is 15.7. The van der Waals surface area contributed by atoms with Crippen molar-refractivity contribution in [3.8, 4) is 0 Å². The molecule has 1 atom stereocenters. The molecule has 4 aromatic rings. The second-order valence-electron chi connectivity index (χ2n) is 12.2. The summed E-state index contributed by atoms with van der Waals surface area (Å²) in [5, 5.41) is 14.9. The Morgan fingerprint density at radius 2 is 1.50 bits per heavy atom. The molecular formula is C37H40N4O6S. The largest absolute Gasteiger partial charge is 0.352 e. The first-order valence-electron chi connectivity index (χ1n) is 16.1. The molecule has 0 aromatic heterocycles. The molecular weight excluding hydrogens is 628 g/mol. The summed E-state index contributed by atoms with van der Waals surface area (Å²) < 4.78 is 29.2. The van der Waals surface area contributed by atoms with E-state index in [0.29, 0.717) is 0 Å². The summed E-state index contributed by atoms with van der Waals surface area (Å²) in [5.41, 5.74) is 2.23. The number of aryl methyl sites for hydroxylation is 1. The Kier molecular flexibility index (Phi) is 11.2. The minimum Gasteiger partial charge on any atom is -0.352 e. The molecule has 0 radical (unpaired) electrons. The molecule has 1 saturated carbocycles. The summed E-state index contributed by atoms with van der Waals surface area (Å²) in [7, 11) is -4.37. The number of carbonyl (C=O) groups excluding carboxylic acids is 2. The standard InChI is InChI=1S/C37H40N4O6S/c1-28-13-11-16-30(23-28)26-39(35(24-29-14-5-2-6-15-29)37(43)38-31-17-7-3-8-18-31)36(42)27-40(32-19-12-20-33(25-32)41(44)45)48(46,47)34-21-9-4-10-22-34/h2,4-6,9-16,19-23,25,31,35H,3,7-8,17-18,24,26-27H2,1H3,(H,38,43)/t35-/m0/s1. The van der Waals surface area contributed by atoms with Crippen LogP contribution in [0.2, 0.25) is 0 Å². The molecule has 0 saturated heterocycles. The van der Waals surface area contributed by atoms with Crippen LogP contribution in [0.4, 0.5) is 11.4 Å². The van der Waals surface area contributed by atoms with Crippen LogP contribution in [-0.4, -0.2) is 48.7 Å². The first-order chi connectivity index (χ1) is 23.1. The number of nitrogens with one attached hydrogen (secondary N) is 1. The van der Waals surface area contributed by atoms with Gasteiger partial charge in [-0.1, -0.05) is 104 Å². The van der Waals surface area contributed by atoms with Gasteiger partial charge >= 0.3 is 0 Å². The van der Waals surface area contributed by atoms with Crippen molar-refractivity contribution in [3.05, 3.63) is 136 Å². The van der Waals surface area contributed by atoms with Crippen LogP contribution in [0.1, 0.15) is 48.8 Å². The third kappa shape index (κ3) is 8.65.